The molecule has 12 nitrogen and oxygen atoms in total. The minimum absolute atomic E-state index is 0.00747. The van der Waals surface area contributed by atoms with Crippen LogP contribution in [0.5, 0.6) is 11.5 Å². The van der Waals surface area contributed by atoms with Crippen molar-refractivity contribution in [3.8, 4) is 11.5 Å². The number of carbonyl (C=O) groups excluding carboxylic acids is 4. The Bertz CT molecular complexity index is 1640. The number of fused-ring (bicyclic) bond motifs is 3. The van der Waals surface area contributed by atoms with E-state index in [4.69, 9.17) is 10.5 Å². The van der Waals surface area contributed by atoms with Crippen LogP contribution in [0.15, 0.2) is 53.3 Å². The Morgan fingerprint density at radius 3 is 2.32 bits per heavy atom. The molecule has 3 aliphatic rings. The number of phenolic OH excluding ortho intramolecular Hbond substituents is 1. The maximum Gasteiger partial charge on any atom is 0.311 e. The summed E-state index contributed by atoms with van der Waals surface area (Å²) < 4.78 is 5.35. The summed E-state index contributed by atoms with van der Waals surface area (Å²) in [5, 5.41) is 45.8. The second-order valence-electron chi connectivity index (χ2n) is 11.9. The molecule has 0 saturated heterocycles. The predicted molar refractivity (Wildman–Crippen MR) is 159 cm³/mol. The molecule has 2 aromatic carbocycles. The molecule has 0 aliphatic heterocycles. The molecule has 4 atom stereocenters. The van der Waals surface area contributed by atoms with Gasteiger partial charge in [0.15, 0.2) is 11.4 Å². The van der Waals surface area contributed by atoms with E-state index in [1.54, 1.807) is 69.5 Å². The van der Waals surface area contributed by atoms with E-state index in [-0.39, 0.29) is 42.6 Å². The molecule has 12 heteroatoms. The molecule has 0 radical (unpaired) electrons. The van der Waals surface area contributed by atoms with Crippen LogP contribution in [0.2, 0.25) is 0 Å². The summed E-state index contributed by atoms with van der Waals surface area (Å²) in [6.45, 7) is 0. The first kappa shape index (κ1) is 30.8. The number of carbonyl (C=O) groups is 4. The average Bonchev–Trinajstić information content (AvgIpc) is 2.94. The fraction of sp³-hybridized carbons (Fsp3) is 0.375. The molecule has 3 aliphatic carbocycles. The first-order valence-electron chi connectivity index (χ1n) is 14.2. The lowest BCUT2D eigenvalue weighted by atomic mass is 9.57. The molecule has 1 saturated carbocycles. The topological polar surface area (TPSA) is 191 Å². The number of para-hydroxylation sites is 1. The number of nitrogens with zero attached hydrogens (tertiary/aromatic N) is 2. The number of rotatable bonds is 7. The van der Waals surface area contributed by atoms with Gasteiger partial charge in [0.1, 0.15) is 28.6 Å². The van der Waals surface area contributed by atoms with Crippen molar-refractivity contribution in [2.75, 3.05) is 33.1 Å². The number of Topliss-reactive ketones (excluding diaryl/α,β-unsaturated/α-hetero) is 2. The smallest absolute Gasteiger partial charge is 0.311 e. The van der Waals surface area contributed by atoms with Gasteiger partial charge in [0.2, 0.25) is 5.78 Å². The zero-order chi connectivity index (χ0) is 32.2. The summed E-state index contributed by atoms with van der Waals surface area (Å²) in [5.74, 6) is -7.27. The molecule has 1 amide bonds. The van der Waals surface area contributed by atoms with E-state index in [9.17, 15) is 39.6 Å². The molecule has 0 spiro atoms. The van der Waals surface area contributed by atoms with Gasteiger partial charge >= 0.3 is 5.97 Å². The number of anilines is 1. The van der Waals surface area contributed by atoms with Crippen LogP contribution in [0, 0.1) is 11.8 Å². The van der Waals surface area contributed by atoms with E-state index >= 15 is 0 Å². The van der Waals surface area contributed by atoms with Crippen LogP contribution < -0.4 is 15.4 Å². The number of benzene rings is 2. The Balaban J connectivity index is 1.59. The lowest BCUT2D eigenvalue weighted by Gasteiger charge is -2.50. The number of primary amides is 1. The summed E-state index contributed by atoms with van der Waals surface area (Å²) in [6, 6.07) is 9.08. The van der Waals surface area contributed by atoms with Crippen LogP contribution in [-0.2, 0) is 32.0 Å². The molecule has 5 rings (SSSR count). The van der Waals surface area contributed by atoms with E-state index in [0.29, 0.717) is 22.6 Å². The van der Waals surface area contributed by atoms with Crippen LogP contribution in [0.4, 0.5) is 5.69 Å². The normalized spacial score (nSPS) is 24.5. The zero-order valence-corrected chi connectivity index (χ0v) is 24.8. The fourth-order valence-corrected chi connectivity index (χ4v) is 6.84. The van der Waals surface area contributed by atoms with E-state index in [0.717, 1.165) is 0 Å². The average molecular weight is 606 g/mol. The van der Waals surface area contributed by atoms with Crippen molar-refractivity contribution in [1.82, 2.24) is 4.90 Å². The van der Waals surface area contributed by atoms with Gasteiger partial charge in [0.05, 0.1) is 18.0 Å². The summed E-state index contributed by atoms with van der Waals surface area (Å²) >= 11 is 0. The molecule has 232 valence electrons. The first-order valence-corrected chi connectivity index (χ1v) is 14.2. The van der Waals surface area contributed by atoms with Crippen molar-refractivity contribution in [1.29, 1.82) is 0 Å². The van der Waals surface area contributed by atoms with Crippen molar-refractivity contribution in [2.24, 2.45) is 17.6 Å². The Hall–Kier alpha value is -4.68. The SMILES string of the molecule is CN(C)c1cc(CCC(=O)Oc2ccccc2)c(O)c2c1C[C@H]1C[C@H]3[C@H](N(C)C)C(=O)C(C(N)=O)=C(O)[C@@]3(O)C(=O)C1=C2O. The number of aliphatic hydroxyl groups excluding tert-OH is 2. The zero-order valence-electron chi connectivity index (χ0n) is 24.8. The number of ketones is 2. The number of hydrogen-bond donors (Lipinski definition) is 5. The highest BCUT2D eigenvalue weighted by Gasteiger charge is 2.64. The minimum Gasteiger partial charge on any atom is -0.508 e. The summed E-state index contributed by atoms with van der Waals surface area (Å²) in [5.41, 5.74) is 3.01. The third-order valence-electron chi connectivity index (χ3n) is 8.83. The number of esters is 1. The van der Waals surface area contributed by atoms with Gasteiger partial charge in [-0.3, -0.25) is 24.1 Å². The second kappa shape index (κ2) is 11.1. The molecular formula is C32H35N3O9. The molecule has 0 aromatic heterocycles. The van der Waals surface area contributed by atoms with Crippen molar-refractivity contribution in [3.05, 3.63) is 70.0 Å². The van der Waals surface area contributed by atoms with Crippen LogP contribution >= 0.6 is 0 Å². The van der Waals surface area contributed by atoms with Gasteiger partial charge in [0.25, 0.3) is 5.91 Å². The Morgan fingerprint density at radius 2 is 1.73 bits per heavy atom. The Morgan fingerprint density at radius 1 is 1.07 bits per heavy atom. The highest BCUT2D eigenvalue weighted by molar-refractivity contribution is 6.24. The lowest BCUT2D eigenvalue weighted by Crippen LogP contribution is -2.65. The van der Waals surface area contributed by atoms with E-state index < -0.39 is 64.0 Å². The number of phenols is 1. The van der Waals surface area contributed by atoms with Crippen LogP contribution in [-0.4, -0.2) is 88.6 Å². The van der Waals surface area contributed by atoms with Crippen molar-refractivity contribution in [2.45, 2.75) is 37.3 Å². The highest BCUT2D eigenvalue weighted by atomic mass is 16.5. The van der Waals surface area contributed by atoms with E-state index in [2.05, 4.69) is 0 Å². The monoisotopic (exact) mass is 605 g/mol. The fourth-order valence-electron chi connectivity index (χ4n) is 6.84. The van der Waals surface area contributed by atoms with Crippen molar-refractivity contribution < 1.29 is 44.3 Å². The molecule has 1 fully saturated rings. The van der Waals surface area contributed by atoms with Gasteiger partial charge in [-0.2, -0.15) is 0 Å². The van der Waals surface area contributed by atoms with Crippen molar-refractivity contribution in [3.63, 3.8) is 0 Å². The minimum atomic E-state index is -2.72. The first-order chi connectivity index (χ1) is 20.7. The number of aryl methyl sites for hydroxylation is 1. The summed E-state index contributed by atoms with van der Waals surface area (Å²) in [6.07, 6.45) is 0.108. The lowest BCUT2D eigenvalue weighted by molar-refractivity contribution is -0.153. The van der Waals surface area contributed by atoms with Gasteiger partial charge in [-0.15, -0.1) is 0 Å². The Kier molecular flexibility index (Phi) is 7.77. The van der Waals surface area contributed by atoms with Gasteiger partial charge in [-0.25, -0.2) is 0 Å². The number of amides is 1. The predicted octanol–water partition coefficient (Wildman–Crippen LogP) is 1.57. The van der Waals surface area contributed by atoms with Gasteiger partial charge in [-0.1, -0.05) is 18.2 Å². The highest BCUT2D eigenvalue weighted by Crippen LogP contribution is 2.54. The number of likely N-dealkylation sites (N-methyl/N-ethyl adjacent to an activating group) is 1. The number of hydrogen-bond acceptors (Lipinski definition) is 11. The molecule has 0 bridgehead atoms. The summed E-state index contributed by atoms with van der Waals surface area (Å²) in [4.78, 5) is 55.3. The van der Waals surface area contributed by atoms with Crippen LogP contribution in [0.25, 0.3) is 5.76 Å². The largest absolute Gasteiger partial charge is 0.508 e. The quantitative estimate of drug-likeness (QED) is 0.175. The Labute approximate surface area is 253 Å². The second-order valence-corrected chi connectivity index (χ2v) is 11.9. The molecule has 44 heavy (non-hydrogen) atoms. The number of ether oxygens (including phenoxy) is 1. The van der Waals surface area contributed by atoms with Crippen LogP contribution in [0.1, 0.15) is 29.5 Å². The number of nitrogens with two attached hydrogens (primary N) is 1. The van der Waals surface area contributed by atoms with Gasteiger partial charge in [-0.05, 0) is 68.6 Å². The van der Waals surface area contributed by atoms with E-state index in [1.165, 1.54) is 4.90 Å². The number of aliphatic hydroxyl groups is 3. The third kappa shape index (κ3) is 4.70. The maximum atomic E-state index is 14.1. The van der Waals surface area contributed by atoms with Crippen molar-refractivity contribution >= 4 is 34.9 Å². The van der Waals surface area contributed by atoms with E-state index in [1.807, 2.05) is 0 Å². The molecular weight excluding hydrogens is 570 g/mol. The molecule has 6 N–H and O–H groups in total. The summed E-state index contributed by atoms with van der Waals surface area (Å²) in [7, 11) is 6.65. The molecule has 0 unspecified atom stereocenters. The maximum absolute atomic E-state index is 14.1. The standard InChI is InChI=1S/C32H35N3O9/c1-34(2)20-14-15(10-11-21(36)44-17-8-6-5-7-9-17)26(37)23-18(20)12-16-13-19-25(35(3)4)28(39)24(31(33)42)30(41)32(19,43)29(40)22(16)27(23)38/h5-9,14,16,19,25,37-38,41,43H,10-13H2,1-4H3,(H2,33,42)/t16-,19-,25-,32-/m0/s1. The van der Waals surface area contributed by atoms with Gasteiger partial charge < -0.3 is 35.8 Å². The molecule has 0 heterocycles. The van der Waals surface area contributed by atoms with Crippen LogP contribution in [0.3, 0.4) is 0 Å². The van der Waals surface area contributed by atoms with Gasteiger partial charge in [0, 0.05) is 31.3 Å². The number of aromatic hydroxyl groups is 1. The third-order valence-corrected chi connectivity index (χ3v) is 8.83. The molecule has 2 aromatic rings.